The number of hydrogen-bond donors (Lipinski definition) is 2. The van der Waals surface area contributed by atoms with Crippen molar-refractivity contribution in [3.8, 4) is 0 Å². The summed E-state index contributed by atoms with van der Waals surface area (Å²) in [6, 6.07) is 0. The fourth-order valence-corrected chi connectivity index (χ4v) is 15.4. The molecular formula is C14H22O6Se2. The van der Waals surface area contributed by atoms with E-state index in [-0.39, 0.29) is 48.8 Å². The van der Waals surface area contributed by atoms with Gasteiger partial charge < -0.3 is 0 Å². The molecule has 4 aliphatic rings. The molecule has 4 heterocycles. The van der Waals surface area contributed by atoms with Gasteiger partial charge in [0.2, 0.25) is 0 Å². The number of rotatable bonds is 5. The number of ether oxygens (including phenoxy) is 4. The summed E-state index contributed by atoms with van der Waals surface area (Å²) >= 11 is 0.820. The molecule has 8 heteroatoms. The van der Waals surface area contributed by atoms with Crippen molar-refractivity contribution in [3.63, 3.8) is 0 Å². The molecule has 0 aliphatic carbocycles. The molecule has 4 fully saturated rings. The Morgan fingerprint density at radius 2 is 1.23 bits per heavy atom. The van der Waals surface area contributed by atoms with Crippen LogP contribution < -0.4 is 0 Å². The molecule has 4 aliphatic heterocycles. The van der Waals surface area contributed by atoms with Crippen molar-refractivity contribution in [1.29, 1.82) is 0 Å². The Kier molecular flexibility index (Phi) is 4.63. The third-order valence-corrected chi connectivity index (χ3v) is 14.8. The van der Waals surface area contributed by atoms with E-state index in [0.717, 1.165) is 12.8 Å². The monoisotopic (exact) mass is 446 g/mol. The molecule has 10 atom stereocenters. The summed E-state index contributed by atoms with van der Waals surface area (Å²) in [5.41, 5.74) is 0. The topological polar surface area (TPSA) is 77.4 Å². The zero-order valence-electron chi connectivity index (χ0n) is 12.5. The second kappa shape index (κ2) is 6.26. The van der Waals surface area contributed by atoms with Crippen molar-refractivity contribution < 1.29 is 29.2 Å². The van der Waals surface area contributed by atoms with E-state index in [1.807, 2.05) is 0 Å². The van der Waals surface area contributed by atoms with Crippen LogP contribution in [0.2, 0.25) is 9.63 Å². The van der Waals surface area contributed by atoms with E-state index in [0.29, 0.717) is 35.9 Å². The Labute approximate surface area is 141 Å². The predicted molar refractivity (Wildman–Crippen MR) is 79.2 cm³/mol. The molecule has 6 nitrogen and oxygen atoms in total. The Balaban J connectivity index is 1.39. The van der Waals surface area contributed by atoms with Gasteiger partial charge >= 0.3 is 141 Å². The van der Waals surface area contributed by atoms with Crippen LogP contribution in [0.5, 0.6) is 0 Å². The molecule has 126 valence electrons. The molecule has 2 N–H and O–H groups in total. The molecule has 4 saturated heterocycles. The van der Waals surface area contributed by atoms with E-state index < -0.39 is 0 Å². The van der Waals surface area contributed by atoms with Gasteiger partial charge in [0.15, 0.2) is 0 Å². The van der Waals surface area contributed by atoms with Crippen LogP contribution in [0.1, 0.15) is 12.8 Å². The third-order valence-electron chi connectivity index (χ3n) is 5.22. The van der Waals surface area contributed by atoms with Gasteiger partial charge in [-0.05, 0) is 0 Å². The molecule has 0 aromatic rings. The van der Waals surface area contributed by atoms with Gasteiger partial charge in [0.25, 0.3) is 0 Å². The second-order valence-electron chi connectivity index (χ2n) is 6.41. The number of fused-ring (bicyclic) bond motifs is 4. The first kappa shape index (κ1) is 16.3. The van der Waals surface area contributed by atoms with Gasteiger partial charge in [-0.1, -0.05) is 0 Å². The van der Waals surface area contributed by atoms with Crippen LogP contribution in [0.25, 0.3) is 0 Å². The summed E-state index contributed by atoms with van der Waals surface area (Å²) in [5, 5.41) is 19.9. The third kappa shape index (κ3) is 2.44. The first-order valence-corrected chi connectivity index (χ1v) is 14.0. The molecule has 0 radical (unpaired) electrons. The summed E-state index contributed by atoms with van der Waals surface area (Å²) in [6.07, 6.45) is 0.811. The molecule has 0 aromatic carbocycles. The Morgan fingerprint density at radius 1 is 0.818 bits per heavy atom. The molecule has 0 amide bonds. The standard InChI is InChI=1S/C14H22O6Se2/c1-17-11-9-5(15)3-7(19-9)13(11)21-22-14-8-4-6(16)10(20-8)12(14)18-2/h5-16H,3-4H2,1-2H3/t5-,6+,7-,8+,9+,10-,11-,12+,13-,14+. The minimum atomic E-state index is -0.373. The molecule has 0 unspecified atom stereocenters. The SMILES string of the molecule is CO[C@@H]1[C@H]2O[C@H](C[C@H]2O)[C@H]1[Se][Se][C@@H]1[C@@H](OC)[C@@H]2O[C@H]1C[C@@H]2O. The predicted octanol–water partition coefficient (Wildman–Crippen LogP) is -1.02. The van der Waals surface area contributed by atoms with Gasteiger partial charge in [0.1, 0.15) is 0 Å². The summed E-state index contributed by atoms with van der Waals surface area (Å²) in [5.74, 6) is 0. The average Bonchev–Trinajstić information content (AvgIpc) is 3.22. The molecular weight excluding hydrogens is 422 g/mol. The van der Waals surface area contributed by atoms with Crippen LogP contribution in [0.4, 0.5) is 0 Å². The maximum atomic E-state index is 9.95. The Morgan fingerprint density at radius 3 is 1.59 bits per heavy atom. The van der Waals surface area contributed by atoms with Crippen LogP contribution in [0.15, 0.2) is 0 Å². The van der Waals surface area contributed by atoms with Crippen molar-refractivity contribution in [3.05, 3.63) is 0 Å². The Hall–Kier alpha value is 0.799. The first-order chi connectivity index (χ1) is 10.6. The van der Waals surface area contributed by atoms with Crippen LogP contribution in [-0.4, -0.2) is 99.5 Å². The van der Waals surface area contributed by atoms with Crippen LogP contribution in [0, 0.1) is 0 Å². The molecule has 4 bridgehead atoms. The van der Waals surface area contributed by atoms with Crippen molar-refractivity contribution in [2.75, 3.05) is 14.2 Å². The zero-order chi connectivity index (χ0) is 15.4. The number of hydrogen-bond acceptors (Lipinski definition) is 6. The summed E-state index contributed by atoms with van der Waals surface area (Å²) in [4.78, 5) is 0.847. The van der Waals surface area contributed by atoms with Gasteiger partial charge in [-0.2, -0.15) is 0 Å². The fourth-order valence-electron chi connectivity index (χ4n) is 4.15. The molecule has 0 spiro atoms. The molecule has 0 saturated carbocycles. The van der Waals surface area contributed by atoms with E-state index in [9.17, 15) is 10.2 Å². The number of aliphatic hydroxyl groups excluding tert-OH is 2. The van der Waals surface area contributed by atoms with Gasteiger partial charge in [0.05, 0.1) is 0 Å². The van der Waals surface area contributed by atoms with E-state index in [1.54, 1.807) is 14.2 Å². The minimum absolute atomic E-state index is 0.0294. The van der Waals surface area contributed by atoms with Gasteiger partial charge in [0, 0.05) is 0 Å². The van der Waals surface area contributed by atoms with E-state index in [1.165, 1.54) is 0 Å². The van der Waals surface area contributed by atoms with Crippen molar-refractivity contribution in [2.45, 2.75) is 71.3 Å². The maximum absolute atomic E-state index is 9.95. The average molecular weight is 444 g/mol. The van der Waals surface area contributed by atoms with E-state index in [2.05, 4.69) is 0 Å². The van der Waals surface area contributed by atoms with Crippen LogP contribution in [0.3, 0.4) is 0 Å². The number of aliphatic hydroxyl groups is 2. The second-order valence-corrected chi connectivity index (χ2v) is 13.7. The summed E-state index contributed by atoms with van der Waals surface area (Å²) in [6.45, 7) is 0. The molecule has 22 heavy (non-hydrogen) atoms. The van der Waals surface area contributed by atoms with Crippen LogP contribution in [-0.2, 0) is 18.9 Å². The quantitative estimate of drug-likeness (QED) is 0.529. The van der Waals surface area contributed by atoms with Crippen molar-refractivity contribution >= 4 is 26.3 Å². The summed E-state index contributed by atoms with van der Waals surface area (Å²) in [7, 11) is 3.43. The number of methoxy groups -OCH3 is 2. The van der Waals surface area contributed by atoms with Gasteiger partial charge in [-0.25, -0.2) is 0 Å². The molecule has 0 aromatic heterocycles. The van der Waals surface area contributed by atoms with Crippen molar-refractivity contribution in [1.82, 2.24) is 0 Å². The first-order valence-electron chi connectivity index (χ1n) is 7.68. The van der Waals surface area contributed by atoms with Crippen LogP contribution >= 0.6 is 0 Å². The normalized spacial score (nSPS) is 56.2. The van der Waals surface area contributed by atoms with Crippen molar-refractivity contribution in [2.24, 2.45) is 0 Å². The Bertz CT molecular complexity index is 388. The zero-order valence-corrected chi connectivity index (χ0v) is 16.0. The summed E-state index contributed by atoms with van der Waals surface area (Å²) < 4.78 is 23.0. The van der Waals surface area contributed by atoms with E-state index in [4.69, 9.17) is 18.9 Å². The van der Waals surface area contributed by atoms with E-state index >= 15 is 0 Å². The van der Waals surface area contributed by atoms with Gasteiger partial charge in [-0.15, -0.1) is 0 Å². The molecule has 4 rings (SSSR count). The fraction of sp³-hybridized carbons (Fsp3) is 1.00. The van der Waals surface area contributed by atoms with Gasteiger partial charge in [-0.3, -0.25) is 0 Å².